The highest BCUT2D eigenvalue weighted by Gasteiger charge is 2.23. The van der Waals surface area contributed by atoms with E-state index in [1.165, 1.54) is 43.5 Å². The maximum absolute atomic E-state index is 15.0. The van der Waals surface area contributed by atoms with Crippen molar-refractivity contribution >= 4 is 45.8 Å². The van der Waals surface area contributed by atoms with Crippen LogP contribution in [0, 0.1) is 17.5 Å². The molecule has 0 aliphatic heterocycles. The van der Waals surface area contributed by atoms with Crippen LogP contribution in [0.2, 0.25) is 15.1 Å². The fourth-order valence-electron chi connectivity index (χ4n) is 4.32. The van der Waals surface area contributed by atoms with Gasteiger partial charge in [-0.05, 0) is 42.5 Å². The third-order valence-corrected chi connectivity index (χ3v) is 7.17. The summed E-state index contributed by atoms with van der Waals surface area (Å²) in [5, 5.41) is 0.619. The van der Waals surface area contributed by atoms with Gasteiger partial charge in [0.05, 0.1) is 35.3 Å². The van der Waals surface area contributed by atoms with Crippen molar-refractivity contribution < 1.29 is 17.9 Å². The summed E-state index contributed by atoms with van der Waals surface area (Å²) in [5.74, 6) is -0.951. The van der Waals surface area contributed by atoms with Gasteiger partial charge in [-0.25, -0.2) is 18.2 Å². The molecule has 1 aromatic heterocycles. The van der Waals surface area contributed by atoms with Crippen molar-refractivity contribution in [1.82, 2.24) is 9.55 Å². The minimum absolute atomic E-state index is 0.0606. The first-order valence-electron chi connectivity index (χ1n) is 11.2. The summed E-state index contributed by atoms with van der Waals surface area (Å²) in [6.07, 6.45) is 0.117. The van der Waals surface area contributed by atoms with Gasteiger partial charge in [-0.2, -0.15) is 0 Å². The zero-order valence-electron chi connectivity index (χ0n) is 19.3. The molecule has 0 saturated carbocycles. The summed E-state index contributed by atoms with van der Waals surface area (Å²) < 4.78 is 51.6. The number of fused-ring (bicyclic) bond motifs is 1. The highest BCUT2D eigenvalue weighted by Crippen LogP contribution is 2.37. The lowest BCUT2D eigenvalue weighted by Gasteiger charge is -2.15. The van der Waals surface area contributed by atoms with Gasteiger partial charge in [-0.15, -0.1) is 0 Å². The van der Waals surface area contributed by atoms with Crippen LogP contribution in [-0.4, -0.2) is 16.7 Å². The highest BCUT2D eigenvalue weighted by molar-refractivity contribution is 6.33. The molecule has 0 bridgehead atoms. The maximum Gasteiger partial charge on any atom is 0.145 e. The van der Waals surface area contributed by atoms with Crippen molar-refractivity contribution in [3.63, 3.8) is 0 Å². The highest BCUT2D eigenvalue weighted by atomic mass is 35.5. The third-order valence-electron chi connectivity index (χ3n) is 6.14. The minimum atomic E-state index is -0.589. The molecule has 188 valence electrons. The monoisotopic (exact) mass is 560 g/mol. The normalized spacial score (nSPS) is 11.3. The number of halogens is 6. The first kappa shape index (κ1) is 25.5. The van der Waals surface area contributed by atoms with E-state index in [4.69, 9.17) is 39.5 Å². The van der Waals surface area contributed by atoms with E-state index in [1.807, 2.05) is 0 Å². The number of rotatable bonds is 6. The first-order chi connectivity index (χ1) is 17.8. The number of methoxy groups -OCH3 is 1. The van der Waals surface area contributed by atoms with Gasteiger partial charge >= 0.3 is 0 Å². The summed E-state index contributed by atoms with van der Waals surface area (Å²) in [4.78, 5) is 4.64. The molecular formula is C28H18Cl3F3N2O. The Hall–Kier alpha value is -3.19. The van der Waals surface area contributed by atoms with E-state index < -0.39 is 17.5 Å². The van der Waals surface area contributed by atoms with Gasteiger partial charge in [0.15, 0.2) is 0 Å². The molecule has 37 heavy (non-hydrogen) atoms. The Labute approximate surface area is 226 Å². The van der Waals surface area contributed by atoms with Gasteiger partial charge in [0.1, 0.15) is 29.0 Å². The number of benzene rings is 4. The van der Waals surface area contributed by atoms with Crippen molar-refractivity contribution in [2.45, 2.75) is 13.0 Å². The Morgan fingerprint density at radius 2 is 1.38 bits per heavy atom. The number of ether oxygens (including phenoxy) is 1. The average Bonchev–Trinajstić information content (AvgIpc) is 3.19. The lowest BCUT2D eigenvalue weighted by atomic mass is 10.0. The quantitative estimate of drug-likeness (QED) is 0.207. The molecule has 0 saturated heterocycles. The summed E-state index contributed by atoms with van der Waals surface area (Å²) in [7, 11) is 1.48. The number of imidazole rings is 1. The van der Waals surface area contributed by atoms with E-state index >= 15 is 4.39 Å². The van der Waals surface area contributed by atoms with Gasteiger partial charge in [-0.3, -0.25) is 0 Å². The number of nitrogens with zero attached hydrogens (tertiary/aromatic N) is 2. The Morgan fingerprint density at radius 1 is 0.784 bits per heavy atom. The number of hydrogen-bond donors (Lipinski definition) is 0. The summed E-state index contributed by atoms with van der Waals surface area (Å²) in [5.41, 5.74) is 2.13. The molecule has 1 heterocycles. The molecule has 9 heteroatoms. The van der Waals surface area contributed by atoms with Gasteiger partial charge in [0.2, 0.25) is 0 Å². The molecule has 5 rings (SSSR count). The van der Waals surface area contributed by atoms with Crippen LogP contribution in [0.5, 0.6) is 5.75 Å². The molecule has 0 N–H and O–H groups in total. The minimum Gasteiger partial charge on any atom is -0.496 e. The van der Waals surface area contributed by atoms with Crippen molar-refractivity contribution in [3.05, 3.63) is 116 Å². The van der Waals surface area contributed by atoms with Crippen LogP contribution in [0.4, 0.5) is 13.2 Å². The molecule has 0 aliphatic rings. The van der Waals surface area contributed by atoms with Crippen LogP contribution in [0.15, 0.2) is 66.7 Å². The summed E-state index contributed by atoms with van der Waals surface area (Å²) in [6.45, 7) is -0.0613. The zero-order valence-corrected chi connectivity index (χ0v) is 21.6. The van der Waals surface area contributed by atoms with Crippen molar-refractivity contribution in [2.24, 2.45) is 0 Å². The zero-order chi connectivity index (χ0) is 26.3. The molecule has 0 spiro atoms. The van der Waals surface area contributed by atoms with Gasteiger partial charge in [0.25, 0.3) is 0 Å². The molecule has 3 nitrogen and oxygen atoms in total. The fraction of sp³-hybridized carbons (Fsp3) is 0.107. The second-order valence-electron chi connectivity index (χ2n) is 8.35. The molecule has 0 amide bonds. The Balaban J connectivity index is 1.77. The van der Waals surface area contributed by atoms with Crippen LogP contribution in [0.1, 0.15) is 16.7 Å². The van der Waals surface area contributed by atoms with E-state index in [0.717, 1.165) is 0 Å². The molecular weight excluding hydrogens is 544 g/mol. The molecule has 0 fully saturated rings. The smallest absolute Gasteiger partial charge is 0.145 e. The molecule has 4 aromatic carbocycles. The maximum atomic E-state index is 15.0. The largest absolute Gasteiger partial charge is 0.496 e. The van der Waals surface area contributed by atoms with E-state index in [1.54, 1.807) is 34.9 Å². The van der Waals surface area contributed by atoms with E-state index in [0.29, 0.717) is 27.9 Å². The molecule has 0 unspecified atom stereocenters. The molecule has 0 aliphatic carbocycles. The van der Waals surface area contributed by atoms with E-state index in [2.05, 4.69) is 4.98 Å². The van der Waals surface area contributed by atoms with Crippen LogP contribution in [0.25, 0.3) is 22.4 Å². The molecule has 0 atom stereocenters. The first-order valence-corrected chi connectivity index (χ1v) is 12.3. The average molecular weight is 562 g/mol. The summed E-state index contributed by atoms with van der Waals surface area (Å²) >= 11 is 19.0. The molecule has 5 aromatic rings. The number of hydrogen-bond acceptors (Lipinski definition) is 2. The Morgan fingerprint density at radius 3 is 1.97 bits per heavy atom. The predicted octanol–water partition coefficient (Wildman–Crippen LogP) is 8.73. The topological polar surface area (TPSA) is 27.1 Å². The van der Waals surface area contributed by atoms with Crippen LogP contribution in [0.3, 0.4) is 0 Å². The van der Waals surface area contributed by atoms with Crippen molar-refractivity contribution in [2.75, 3.05) is 7.11 Å². The lowest BCUT2D eigenvalue weighted by molar-refractivity contribution is 0.411. The lowest BCUT2D eigenvalue weighted by Crippen LogP contribution is -2.06. The summed E-state index contributed by atoms with van der Waals surface area (Å²) in [6, 6.07) is 16.5. The standard InChI is InChI=1S/C28H18Cl3F3N2O/c1-37-26-13-24-25(12-15(26)11-16-18(29)5-2-8-21(16)32)36(14-17-19(30)6-3-9-22(17)33)28(35-24)27-20(31)7-4-10-23(27)34/h2-10,12-13H,11,14H2,1H3. The third kappa shape index (κ3) is 4.77. The molecule has 0 radical (unpaired) electrons. The van der Waals surface area contributed by atoms with E-state index in [-0.39, 0.29) is 45.0 Å². The van der Waals surface area contributed by atoms with E-state index in [9.17, 15) is 8.78 Å². The van der Waals surface area contributed by atoms with Gasteiger partial charge in [-0.1, -0.05) is 53.0 Å². The van der Waals surface area contributed by atoms with Crippen LogP contribution >= 0.6 is 34.8 Å². The van der Waals surface area contributed by atoms with Crippen LogP contribution < -0.4 is 4.74 Å². The number of aromatic nitrogens is 2. The SMILES string of the molecule is COc1cc2nc(-c3c(F)cccc3Cl)n(Cc3c(F)cccc3Cl)c2cc1Cc1c(F)cccc1Cl. The van der Waals surface area contributed by atoms with Gasteiger partial charge < -0.3 is 9.30 Å². The Bertz CT molecular complexity index is 1590. The van der Waals surface area contributed by atoms with Crippen molar-refractivity contribution in [3.8, 4) is 17.1 Å². The fourth-order valence-corrected chi connectivity index (χ4v) is 5.02. The second kappa shape index (κ2) is 10.3. The van der Waals surface area contributed by atoms with Gasteiger partial charge in [0, 0.05) is 39.2 Å². The Kier molecular flexibility index (Phi) is 7.08. The van der Waals surface area contributed by atoms with Crippen molar-refractivity contribution in [1.29, 1.82) is 0 Å². The van der Waals surface area contributed by atoms with Crippen LogP contribution in [-0.2, 0) is 13.0 Å². The second-order valence-corrected chi connectivity index (χ2v) is 9.57. The predicted molar refractivity (Wildman–Crippen MR) is 141 cm³/mol.